The Morgan fingerprint density at radius 2 is 2.33 bits per heavy atom. The van der Waals surface area contributed by atoms with Crippen molar-refractivity contribution in [1.82, 2.24) is 4.90 Å². The van der Waals surface area contributed by atoms with Gasteiger partial charge in [0.25, 0.3) is 0 Å². The third-order valence-corrected chi connectivity index (χ3v) is 3.61. The van der Waals surface area contributed by atoms with Crippen molar-refractivity contribution < 1.29 is 14.7 Å². The lowest BCUT2D eigenvalue weighted by atomic mass is 10.0. The summed E-state index contributed by atoms with van der Waals surface area (Å²) in [6, 6.07) is 1.15. The van der Waals surface area contributed by atoms with E-state index in [1.165, 1.54) is 23.2 Å². The predicted molar refractivity (Wildman–Crippen MR) is 55.8 cm³/mol. The van der Waals surface area contributed by atoms with Gasteiger partial charge in [-0.05, 0) is 23.4 Å². The molecule has 1 unspecified atom stereocenters. The standard InChI is InChI=1S/C10H11NO3S/c1-6(12)11-4-2-7-3-5-15-9(7)8(11)10(13)14/h3,5,8H,2,4H2,1H3,(H,13,14). The van der Waals surface area contributed by atoms with Crippen LogP contribution in [0.3, 0.4) is 0 Å². The number of hydrogen-bond donors (Lipinski definition) is 1. The molecule has 0 radical (unpaired) electrons. The molecule has 1 amide bonds. The van der Waals surface area contributed by atoms with Crippen molar-refractivity contribution in [2.45, 2.75) is 19.4 Å². The topological polar surface area (TPSA) is 57.6 Å². The third-order valence-electron chi connectivity index (χ3n) is 2.60. The second kappa shape index (κ2) is 3.66. The van der Waals surface area contributed by atoms with Gasteiger partial charge in [0.05, 0.1) is 0 Å². The van der Waals surface area contributed by atoms with E-state index in [0.29, 0.717) is 6.54 Å². The van der Waals surface area contributed by atoms with Crippen molar-refractivity contribution in [2.75, 3.05) is 6.54 Å². The summed E-state index contributed by atoms with van der Waals surface area (Å²) in [6.45, 7) is 1.91. The van der Waals surface area contributed by atoms with E-state index in [9.17, 15) is 9.59 Å². The van der Waals surface area contributed by atoms with Crippen LogP contribution in [0, 0.1) is 0 Å². The first-order valence-corrected chi connectivity index (χ1v) is 5.55. The summed E-state index contributed by atoms with van der Waals surface area (Å²) in [4.78, 5) is 24.7. The van der Waals surface area contributed by atoms with E-state index >= 15 is 0 Å². The van der Waals surface area contributed by atoms with Gasteiger partial charge in [0.2, 0.25) is 5.91 Å². The number of aliphatic carboxylic acids is 1. The van der Waals surface area contributed by atoms with Crippen LogP contribution in [0.5, 0.6) is 0 Å². The molecular weight excluding hydrogens is 214 g/mol. The highest BCUT2D eigenvalue weighted by Gasteiger charge is 2.35. The van der Waals surface area contributed by atoms with Crippen molar-refractivity contribution in [1.29, 1.82) is 0 Å². The molecule has 1 aliphatic rings. The quantitative estimate of drug-likeness (QED) is 0.783. The number of carbonyl (C=O) groups is 2. The number of fused-ring (bicyclic) bond motifs is 1. The van der Waals surface area contributed by atoms with Crippen molar-refractivity contribution in [3.63, 3.8) is 0 Å². The molecule has 15 heavy (non-hydrogen) atoms. The van der Waals surface area contributed by atoms with Crippen LogP contribution < -0.4 is 0 Å². The van der Waals surface area contributed by atoms with Crippen LogP contribution in [-0.4, -0.2) is 28.4 Å². The number of amides is 1. The summed E-state index contributed by atoms with van der Waals surface area (Å²) in [6.07, 6.45) is 0.752. The van der Waals surface area contributed by atoms with E-state index in [0.717, 1.165) is 16.9 Å². The van der Waals surface area contributed by atoms with Crippen LogP contribution in [0.15, 0.2) is 11.4 Å². The molecule has 4 nitrogen and oxygen atoms in total. The lowest BCUT2D eigenvalue weighted by molar-refractivity contribution is -0.150. The molecule has 0 aliphatic carbocycles. The monoisotopic (exact) mass is 225 g/mol. The van der Waals surface area contributed by atoms with Gasteiger partial charge in [-0.15, -0.1) is 11.3 Å². The highest BCUT2D eigenvalue weighted by Crippen LogP contribution is 2.33. The maximum absolute atomic E-state index is 11.3. The lowest BCUT2D eigenvalue weighted by Crippen LogP contribution is -2.41. The van der Waals surface area contributed by atoms with E-state index in [1.807, 2.05) is 11.4 Å². The molecule has 0 spiro atoms. The first-order chi connectivity index (χ1) is 7.11. The summed E-state index contributed by atoms with van der Waals surface area (Å²) in [5, 5.41) is 11.0. The molecule has 2 rings (SSSR count). The minimum absolute atomic E-state index is 0.179. The van der Waals surface area contributed by atoms with Gasteiger partial charge in [-0.3, -0.25) is 4.79 Å². The molecule has 1 aromatic heterocycles. The summed E-state index contributed by atoms with van der Waals surface area (Å²) >= 11 is 1.41. The van der Waals surface area contributed by atoms with Gasteiger partial charge in [-0.25, -0.2) is 4.79 Å². The minimum Gasteiger partial charge on any atom is -0.479 e. The molecule has 1 aliphatic heterocycles. The Bertz CT molecular complexity index is 413. The zero-order valence-corrected chi connectivity index (χ0v) is 9.08. The Hall–Kier alpha value is -1.36. The fourth-order valence-corrected chi connectivity index (χ4v) is 2.95. The number of hydrogen-bond acceptors (Lipinski definition) is 3. The smallest absolute Gasteiger partial charge is 0.331 e. The summed E-state index contributed by atoms with van der Waals surface area (Å²) in [7, 11) is 0. The summed E-state index contributed by atoms with van der Waals surface area (Å²) in [5.41, 5.74) is 1.06. The van der Waals surface area contributed by atoms with E-state index in [1.54, 1.807) is 0 Å². The third kappa shape index (κ3) is 1.63. The van der Waals surface area contributed by atoms with Crippen LogP contribution in [0.25, 0.3) is 0 Å². The Morgan fingerprint density at radius 3 is 2.93 bits per heavy atom. The summed E-state index contributed by atoms with van der Waals surface area (Å²) < 4.78 is 0. The van der Waals surface area contributed by atoms with Gasteiger partial charge in [0.15, 0.2) is 6.04 Å². The van der Waals surface area contributed by atoms with Crippen molar-refractivity contribution in [3.8, 4) is 0 Å². The number of thiophene rings is 1. The minimum atomic E-state index is -0.950. The Labute approximate surface area is 91.1 Å². The molecule has 0 saturated heterocycles. The molecule has 1 N–H and O–H groups in total. The fourth-order valence-electron chi connectivity index (χ4n) is 1.89. The Balaban J connectivity index is 2.43. The van der Waals surface area contributed by atoms with Gasteiger partial charge in [0.1, 0.15) is 0 Å². The number of rotatable bonds is 1. The Morgan fingerprint density at radius 1 is 1.60 bits per heavy atom. The van der Waals surface area contributed by atoms with Gasteiger partial charge in [-0.2, -0.15) is 0 Å². The predicted octanol–water partition coefficient (Wildman–Crippen LogP) is 1.28. The average molecular weight is 225 g/mol. The molecule has 1 atom stereocenters. The number of nitrogens with zero attached hydrogens (tertiary/aromatic N) is 1. The SMILES string of the molecule is CC(=O)N1CCc2ccsc2C1C(=O)O. The van der Waals surface area contributed by atoms with Crippen molar-refractivity contribution >= 4 is 23.2 Å². The molecule has 80 valence electrons. The first-order valence-electron chi connectivity index (χ1n) is 4.67. The highest BCUT2D eigenvalue weighted by atomic mass is 32.1. The zero-order chi connectivity index (χ0) is 11.0. The number of carboxylic acid groups (broad SMARTS) is 1. The molecule has 0 fully saturated rings. The van der Waals surface area contributed by atoms with E-state index in [-0.39, 0.29) is 5.91 Å². The molecule has 0 saturated carbocycles. The van der Waals surface area contributed by atoms with Gasteiger partial charge in [0, 0.05) is 18.3 Å². The first kappa shape index (κ1) is 10.2. The van der Waals surface area contributed by atoms with E-state index in [4.69, 9.17) is 5.11 Å². The molecule has 1 aromatic rings. The van der Waals surface area contributed by atoms with Crippen LogP contribution in [0.2, 0.25) is 0 Å². The highest BCUT2D eigenvalue weighted by molar-refractivity contribution is 7.10. The molecule has 0 aromatic carbocycles. The number of carbonyl (C=O) groups excluding carboxylic acids is 1. The lowest BCUT2D eigenvalue weighted by Gasteiger charge is -2.32. The number of carboxylic acids is 1. The van der Waals surface area contributed by atoms with Crippen LogP contribution >= 0.6 is 11.3 Å². The van der Waals surface area contributed by atoms with Gasteiger partial charge < -0.3 is 10.0 Å². The van der Waals surface area contributed by atoms with Crippen LogP contribution in [0.4, 0.5) is 0 Å². The van der Waals surface area contributed by atoms with E-state index in [2.05, 4.69) is 0 Å². The molecular formula is C10H11NO3S. The average Bonchev–Trinajstić information content (AvgIpc) is 2.62. The fraction of sp³-hybridized carbons (Fsp3) is 0.400. The molecule has 0 bridgehead atoms. The second-order valence-electron chi connectivity index (χ2n) is 3.51. The van der Waals surface area contributed by atoms with Crippen LogP contribution in [0.1, 0.15) is 23.4 Å². The van der Waals surface area contributed by atoms with Gasteiger partial charge in [-0.1, -0.05) is 0 Å². The van der Waals surface area contributed by atoms with Crippen molar-refractivity contribution in [2.24, 2.45) is 0 Å². The van der Waals surface area contributed by atoms with E-state index < -0.39 is 12.0 Å². The van der Waals surface area contributed by atoms with Crippen LogP contribution in [-0.2, 0) is 16.0 Å². The van der Waals surface area contributed by atoms with Gasteiger partial charge >= 0.3 is 5.97 Å². The second-order valence-corrected chi connectivity index (χ2v) is 4.46. The molecule has 5 heteroatoms. The molecule has 2 heterocycles. The maximum atomic E-state index is 11.3. The summed E-state index contributed by atoms with van der Waals surface area (Å²) in [5.74, 6) is -1.13. The Kier molecular flexibility index (Phi) is 2.48. The maximum Gasteiger partial charge on any atom is 0.331 e. The van der Waals surface area contributed by atoms with Crippen molar-refractivity contribution in [3.05, 3.63) is 21.9 Å². The zero-order valence-electron chi connectivity index (χ0n) is 8.27. The largest absolute Gasteiger partial charge is 0.479 e. The normalized spacial score (nSPS) is 19.8.